The van der Waals surface area contributed by atoms with Crippen LogP contribution in [0.3, 0.4) is 0 Å². The van der Waals surface area contributed by atoms with Crippen molar-refractivity contribution < 1.29 is 19.8 Å². The molecule has 107 valence electrons. The summed E-state index contributed by atoms with van der Waals surface area (Å²) in [6.45, 7) is 0. The van der Waals surface area contributed by atoms with Crippen LogP contribution in [0.1, 0.15) is 23.2 Å². The van der Waals surface area contributed by atoms with E-state index >= 15 is 0 Å². The van der Waals surface area contributed by atoms with Gasteiger partial charge >= 0.3 is 11.9 Å². The molecule has 0 spiro atoms. The molecule has 0 aliphatic carbocycles. The normalized spacial score (nSPS) is 13.3. The van der Waals surface area contributed by atoms with Crippen LogP contribution in [-0.4, -0.2) is 22.2 Å². The second-order valence-electron chi connectivity index (χ2n) is 4.45. The minimum absolute atomic E-state index is 0.451. The number of carboxylic acids is 2. The summed E-state index contributed by atoms with van der Waals surface area (Å²) in [5.41, 5.74) is 0.902. The molecule has 0 amide bonds. The van der Waals surface area contributed by atoms with Crippen LogP contribution in [0.2, 0.25) is 0 Å². The highest BCUT2D eigenvalue weighted by atomic mass is 16.4. The Labute approximate surface area is 121 Å². The van der Waals surface area contributed by atoms with Crippen molar-refractivity contribution in [3.63, 3.8) is 0 Å². The van der Waals surface area contributed by atoms with Crippen LogP contribution < -0.4 is 5.32 Å². The highest BCUT2D eigenvalue weighted by molar-refractivity contribution is 5.79. The summed E-state index contributed by atoms with van der Waals surface area (Å²) >= 11 is 0. The lowest BCUT2D eigenvalue weighted by molar-refractivity contribution is -0.143. The average Bonchev–Trinajstić information content (AvgIpc) is 2.49. The third-order valence-electron chi connectivity index (χ3n) is 3.00. The zero-order chi connectivity index (χ0) is 15.2. The molecule has 0 fully saturated rings. The van der Waals surface area contributed by atoms with Gasteiger partial charge in [0.25, 0.3) is 0 Å². The fourth-order valence-electron chi connectivity index (χ4n) is 2.00. The molecular formula is C16H14NO4. The average molecular weight is 284 g/mol. The van der Waals surface area contributed by atoms with Crippen molar-refractivity contribution in [2.24, 2.45) is 0 Å². The van der Waals surface area contributed by atoms with E-state index in [1.165, 1.54) is 0 Å². The summed E-state index contributed by atoms with van der Waals surface area (Å²) < 4.78 is 0. The van der Waals surface area contributed by atoms with Crippen LogP contribution in [-0.2, 0) is 9.59 Å². The van der Waals surface area contributed by atoms with E-state index in [1.54, 1.807) is 60.7 Å². The van der Waals surface area contributed by atoms with E-state index in [-0.39, 0.29) is 0 Å². The monoisotopic (exact) mass is 284 g/mol. The molecule has 2 aromatic rings. The van der Waals surface area contributed by atoms with Crippen molar-refractivity contribution >= 4 is 11.9 Å². The fraction of sp³-hybridized carbons (Fsp3) is 0.125. The van der Waals surface area contributed by atoms with Gasteiger partial charge in [-0.25, -0.2) is 5.32 Å². The lowest BCUT2D eigenvalue weighted by Gasteiger charge is -2.18. The molecule has 0 bridgehead atoms. The molecule has 0 heterocycles. The van der Waals surface area contributed by atoms with Gasteiger partial charge < -0.3 is 10.2 Å². The van der Waals surface area contributed by atoms with Crippen molar-refractivity contribution in [2.45, 2.75) is 12.1 Å². The van der Waals surface area contributed by atoms with E-state index < -0.39 is 24.0 Å². The molecule has 5 heteroatoms. The molecule has 0 aliphatic heterocycles. The minimum Gasteiger partial charge on any atom is -0.480 e. The molecule has 0 saturated heterocycles. The first kappa shape index (κ1) is 14.7. The molecule has 0 saturated carbocycles. The maximum atomic E-state index is 11.4. The largest absolute Gasteiger partial charge is 0.480 e. The number of carbonyl (C=O) groups is 2. The standard InChI is InChI=1S/C16H14NO4/c18-15(19)13(11-7-3-1-4-8-11)17-14(16(20)21)12-9-5-2-6-10-12/h1-10,13-14H,(H,18,19)(H,20,21). The van der Waals surface area contributed by atoms with E-state index in [9.17, 15) is 19.8 Å². The number of nitrogens with zero attached hydrogens (tertiary/aromatic N) is 1. The van der Waals surface area contributed by atoms with Gasteiger partial charge in [0.05, 0.1) is 0 Å². The van der Waals surface area contributed by atoms with E-state index in [0.717, 1.165) is 0 Å². The lowest BCUT2D eigenvalue weighted by Crippen LogP contribution is -2.30. The predicted molar refractivity (Wildman–Crippen MR) is 75.8 cm³/mol. The van der Waals surface area contributed by atoms with Crippen molar-refractivity contribution in [1.82, 2.24) is 5.32 Å². The number of aliphatic carboxylic acids is 2. The van der Waals surface area contributed by atoms with Crippen molar-refractivity contribution in [3.8, 4) is 0 Å². The molecule has 0 aromatic heterocycles. The van der Waals surface area contributed by atoms with Crippen molar-refractivity contribution in [2.75, 3.05) is 0 Å². The van der Waals surface area contributed by atoms with Crippen molar-refractivity contribution in [1.29, 1.82) is 0 Å². The van der Waals surface area contributed by atoms with Gasteiger partial charge in [-0.3, -0.25) is 9.59 Å². The van der Waals surface area contributed by atoms with Gasteiger partial charge in [-0.1, -0.05) is 60.7 Å². The highest BCUT2D eigenvalue weighted by Gasteiger charge is 2.29. The Hall–Kier alpha value is -2.66. The molecule has 1 radical (unpaired) electrons. The number of benzene rings is 2. The summed E-state index contributed by atoms with van der Waals surface area (Å²) in [7, 11) is 0. The van der Waals surface area contributed by atoms with Gasteiger partial charge in [-0.15, -0.1) is 0 Å². The lowest BCUT2D eigenvalue weighted by atomic mass is 10.0. The van der Waals surface area contributed by atoms with Crippen LogP contribution in [0, 0.1) is 0 Å². The molecule has 5 nitrogen and oxygen atoms in total. The zero-order valence-corrected chi connectivity index (χ0v) is 11.1. The van der Waals surface area contributed by atoms with Crippen LogP contribution in [0.4, 0.5) is 0 Å². The quantitative estimate of drug-likeness (QED) is 0.851. The van der Waals surface area contributed by atoms with E-state index in [1.807, 2.05) is 0 Å². The minimum atomic E-state index is -1.22. The Morgan fingerprint density at radius 1 is 0.714 bits per heavy atom. The maximum Gasteiger partial charge on any atom is 0.326 e. The van der Waals surface area contributed by atoms with Crippen LogP contribution in [0.15, 0.2) is 60.7 Å². The van der Waals surface area contributed by atoms with E-state index in [0.29, 0.717) is 11.1 Å². The van der Waals surface area contributed by atoms with Crippen molar-refractivity contribution in [3.05, 3.63) is 71.8 Å². The van der Waals surface area contributed by atoms with E-state index in [4.69, 9.17) is 0 Å². The zero-order valence-electron chi connectivity index (χ0n) is 11.1. The molecule has 0 aliphatic rings. The number of hydrogen-bond donors (Lipinski definition) is 2. The maximum absolute atomic E-state index is 11.4. The van der Waals surface area contributed by atoms with Crippen LogP contribution in [0.5, 0.6) is 0 Å². The first-order valence-corrected chi connectivity index (χ1v) is 6.35. The number of carboxylic acid groups (broad SMARTS) is 2. The summed E-state index contributed by atoms with van der Waals surface area (Å²) in [6.07, 6.45) is 0. The van der Waals surface area contributed by atoms with Gasteiger partial charge in [0.15, 0.2) is 0 Å². The van der Waals surface area contributed by atoms with Crippen LogP contribution in [0.25, 0.3) is 0 Å². The molecule has 2 rings (SSSR count). The van der Waals surface area contributed by atoms with Gasteiger partial charge in [0.2, 0.25) is 0 Å². The Balaban J connectivity index is 2.30. The molecule has 2 unspecified atom stereocenters. The molecule has 2 N–H and O–H groups in total. The van der Waals surface area contributed by atoms with Gasteiger partial charge in [0.1, 0.15) is 12.1 Å². The Bertz CT molecular complexity index is 557. The number of hydrogen-bond acceptors (Lipinski definition) is 2. The van der Waals surface area contributed by atoms with Crippen LogP contribution >= 0.6 is 0 Å². The molecular weight excluding hydrogens is 270 g/mol. The Morgan fingerprint density at radius 2 is 1.05 bits per heavy atom. The van der Waals surface area contributed by atoms with Gasteiger partial charge in [-0.2, -0.15) is 0 Å². The first-order valence-electron chi connectivity index (χ1n) is 6.35. The summed E-state index contributed by atoms with van der Waals surface area (Å²) in [6, 6.07) is 14.3. The summed E-state index contributed by atoms with van der Waals surface area (Å²) in [5.74, 6) is -2.35. The SMILES string of the molecule is O=C(O)C([N]C(C(=O)O)c1ccccc1)c1ccccc1. The first-order chi connectivity index (χ1) is 10.1. The second kappa shape index (κ2) is 6.67. The third kappa shape index (κ3) is 3.67. The fourth-order valence-corrected chi connectivity index (χ4v) is 2.00. The third-order valence-corrected chi connectivity index (χ3v) is 3.00. The molecule has 2 aromatic carbocycles. The van der Waals surface area contributed by atoms with Gasteiger partial charge in [0, 0.05) is 0 Å². The molecule has 2 atom stereocenters. The van der Waals surface area contributed by atoms with Gasteiger partial charge in [-0.05, 0) is 11.1 Å². The smallest absolute Gasteiger partial charge is 0.326 e. The summed E-state index contributed by atoms with van der Waals surface area (Å²) in [5, 5.41) is 22.7. The van der Waals surface area contributed by atoms with E-state index in [2.05, 4.69) is 5.32 Å². The predicted octanol–water partition coefficient (Wildman–Crippen LogP) is 2.24. The second-order valence-corrected chi connectivity index (χ2v) is 4.45. The Morgan fingerprint density at radius 3 is 1.33 bits per heavy atom. The topological polar surface area (TPSA) is 88.7 Å². The highest BCUT2D eigenvalue weighted by Crippen LogP contribution is 2.22. The number of rotatable bonds is 6. The molecule has 21 heavy (non-hydrogen) atoms. The summed E-state index contributed by atoms with van der Waals surface area (Å²) in [4.78, 5) is 22.8. The Kier molecular flexibility index (Phi) is 4.68.